The summed E-state index contributed by atoms with van der Waals surface area (Å²) in [6, 6.07) is 0.316. The highest BCUT2D eigenvalue weighted by Gasteiger charge is 2.12. The first-order chi connectivity index (χ1) is 9.24. The van der Waals surface area contributed by atoms with E-state index < -0.39 is 0 Å². The third-order valence-electron chi connectivity index (χ3n) is 2.49. The Bertz CT molecular complexity index is 375. The van der Waals surface area contributed by atoms with Crippen LogP contribution in [0.15, 0.2) is 0 Å². The van der Waals surface area contributed by atoms with Crippen molar-refractivity contribution < 1.29 is 9.47 Å². The van der Waals surface area contributed by atoms with E-state index in [1.807, 2.05) is 18.7 Å². The number of hydrogen-bond acceptors (Lipinski definition) is 7. The predicted octanol–water partition coefficient (Wildman–Crippen LogP) is 1.17. The number of nitrogens with one attached hydrogen (secondary N) is 1. The molecule has 0 saturated heterocycles. The number of hydrogen-bond donors (Lipinski definition) is 1. The van der Waals surface area contributed by atoms with Crippen LogP contribution < -0.4 is 15.0 Å². The van der Waals surface area contributed by atoms with Crippen molar-refractivity contribution in [3.05, 3.63) is 0 Å². The van der Waals surface area contributed by atoms with Gasteiger partial charge in [0, 0.05) is 26.2 Å². The zero-order valence-corrected chi connectivity index (χ0v) is 12.1. The number of ether oxygens (including phenoxy) is 2. The zero-order chi connectivity index (χ0) is 14.1. The van der Waals surface area contributed by atoms with Crippen LogP contribution in [0, 0.1) is 0 Å². The molecular formula is C12H23N5O2. The predicted molar refractivity (Wildman–Crippen MR) is 74.9 cm³/mol. The second-order valence-electron chi connectivity index (χ2n) is 3.75. The molecule has 0 fully saturated rings. The topological polar surface area (TPSA) is 72.4 Å². The summed E-state index contributed by atoms with van der Waals surface area (Å²) in [5.74, 6) is 1.13. The quantitative estimate of drug-likeness (QED) is 0.675. The molecule has 1 N–H and O–H groups in total. The Morgan fingerprint density at radius 2 is 1.95 bits per heavy atom. The molecular weight excluding hydrogens is 246 g/mol. The second kappa shape index (κ2) is 8.47. The maximum atomic E-state index is 5.36. The molecule has 0 aliphatic carbocycles. The molecule has 0 radical (unpaired) electrons. The molecule has 0 aromatic carbocycles. The van der Waals surface area contributed by atoms with E-state index in [1.165, 1.54) is 0 Å². The molecule has 19 heavy (non-hydrogen) atoms. The second-order valence-corrected chi connectivity index (χ2v) is 3.75. The number of likely N-dealkylation sites (N-methyl/N-ethyl adjacent to an activating group) is 1. The van der Waals surface area contributed by atoms with E-state index in [0.29, 0.717) is 31.1 Å². The highest BCUT2D eigenvalue weighted by atomic mass is 16.5. The Labute approximate surface area is 114 Å². The summed E-state index contributed by atoms with van der Waals surface area (Å²) in [5, 5.41) is 3.07. The molecule has 7 heteroatoms. The van der Waals surface area contributed by atoms with Gasteiger partial charge in [-0.05, 0) is 20.8 Å². The lowest BCUT2D eigenvalue weighted by Gasteiger charge is -2.21. The molecule has 1 rings (SSSR count). The van der Waals surface area contributed by atoms with Crippen LogP contribution in [0.25, 0.3) is 0 Å². The van der Waals surface area contributed by atoms with Gasteiger partial charge in [0.25, 0.3) is 0 Å². The molecule has 7 nitrogen and oxygen atoms in total. The maximum Gasteiger partial charge on any atom is 0.322 e. The third kappa shape index (κ3) is 4.86. The van der Waals surface area contributed by atoms with Gasteiger partial charge in [-0.2, -0.15) is 15.0 Å². The summed E-state index contributed by atoms with van der Waals surface area (Å²) >= 11 is 0. The molecule has 0 bridgehead atoms. The number of anilines is 2. The first-order valence-electron chi connectivity index (χ1n) is 6.61. The van der Waals surface area contributed by atoms with E-state index in [2.05, 4.69) is 27.2 Å². The number of rotatable bonds is 9. The average molecular weight is 269 g/mol. The van der Waals surface area contributed by atoms with Gasteiger partial charge in [0.15, 0.2) is 0 Å². The fraction of sp³-hybridized carbons (Fsp3) is 0.750. The molecule has 0 saturated carbocycles. The van der Waals surface area contributed by atoms with E-state index in [-0.39, 0.29) is 0 Å². The highest BCUT2D eigenvalue weighted by Crippen LogP contribution is 2.14. The largest absolute Gasteiger partial charge is 0.467 e. The Hall–Kier alpha value is -1.63. The summed E-state index contributed by atoms with van der Waals surface area (Å²) in [6.07, 6.45) is 0. The van der Waals surface area contributed by atoms with Gasteiger partial charge in [-0.15, -0.1) is 0 Å². The van der Waals surface area contributed by atoms with Gasteiger partial charge in [0.05, 0.1) is 13.7 Å². The van der Waals surface area contributed by atoms with E-state index >= 15 is 0 Å². The number of aromatic nitrogens is 3. The Morgan fingerprint density at radius 3 is 2.53 bits per heavy atom. The maximum absolute atomic E-state index is 5.36. The summed E-state index contributed by atoms with van der Waals surface area (Å²) in [6.45, 7) is 9.66. The van der Waals surface area contributed by atoms with E-state index in [9.17, 15) is 0 Å². The van der Waals surface area contributed by atoms with Crippen LogP contribution >= 0.6 is 0 Å². The lowest BCUT2D eigenvalue weighted by Crippen LogP contribution is -2.29. The molecule has 0 unspecified atom stereocenters. The summed E-state index contributed by atoms with van der Waals surface area (Å²) < 4.78 is 10.5. The van der Waals surface area contributed by atoms with E-state index in [1.54, 1.807) is 7.11 Å². The minimum absolute atomic E-state index is 0.316. The van der Waals surface area contributed by atoms with Crippen molar-refractivity contribution >= 4 is 11.9 Å². The molecule has 1 aromatic rings. The van der Waals surface area contributed by atoms with Gasteiger partial charge in [-0.3, -0.25) is 0 Å². The van der Waals surface area contributed by atoms with Gasteiger partial charge in [0.2, 0.25) is 11.9 Å². The van der Waals surface area contributed by atoms with Crippen molar-refractivity contribution in [3.8, 4) is 6.01 Å². The zero-order valence-electron chi connectivity index (χ0n) is 12.1. The smallest absolute Gasteiger partial charge is 0.322 e. The van der Waals surface area contributed by atoms with Crippen molar-refractivity contribution in [2.45, 2.75) is 20.8 Å². The normalized spacial score (nSPS) is 10.3. The minimum atomic E-state index is 0.316. The molecule has 0 atom stereocenters. The average Bonchev–Trinajstić information content (AvgIpc) is 2.43. The first-order valence-corrected chi connectivity index (χ1v) is 6.61. The van der Waals surface area contributed by atoms with Gasteiger partial charge < -0.3 is 19.7 Å². The lowest BCUT2D eigenvalue weighted by atomic mass is 10.5. The first kappa shape index (κ1) is 15.4. The van der Waals surface area contributed by atoms with Gasteiger partial charge in [0.1, 0.15) is 0 Å². The SMILES string of the molecule is CCNc1nc(OC)nc(N(CC)CCOCC)n1. The van der Waals surface area contributed by atoms with Crippen LogP contribution in [0.3, 0.4) is 0 Å². The van der Waals surface area contributed by atoms with Crippen molar-refractivity contribution in [1.29, 1.82) is 0 Å². The Kier molecular flexibility index (Phi) is 6.88. The summed E-state index contributed by atoms with van der Waals surface area (Å²) in [7, 11) is 1.55. The van der Waals surface area contributed by atoms with Crippen LogP contribution in [0.5, 0.6) is 6.01 Å². The standard InChI is InChI=1S/C12H23N5O2/c1-5-13-10-14-11(16-12(15-10)18-4)17(6-2)8-9-19-7-3/h5-9H2,1-4H3,(H,13,14,15,16). The summed E-state index contributed by atoms with van der Waals surface area (Å²) in [5.41, 5.74) is 0. The third-order valence-corrected chi connectivity index (χ3v) is 2.49. The molecule has 0 aliphatic rings. The fourth-order valence-electron chi connectivity index (χ4n) is 1.53. The van der Waals surface area contributed by atoms with Crippen LogP contribution in [0.4, 0.5) is 11.9 Å². The van der Waals surface area contributed by atoms with Gasteiger partial charge in [-0.1, -0.05) is 0 Å². The van der Waals surface area contributed by atoms with E-state index in [4.69, 9.17) is 9.47 Å². The Balaban J connectivity index is 2.84. The lowest BCUT2D eigenvalue weighted by molar-refractivity contribution is 0.153. The molecule has 1 aromatic heterocycles. The van der Waals surface area contributed by atoms with E-state index in [0.717, 1.165) is 19.6 Å². The van der Waals surface area contributed by atoms with Gasteiger partial charge in [-0.25, -0.2) is 0 Å². The monoisotopic (exact) mass is 269 g/mol. The fourth-order valence-corrected chi connectivity index (χ4v) is 1.53. The van der Waals surface area contributed by atoms with Crippen molar-refractivity contribution in [3.63, 3.8) is 0 Å². The molecule has 1 heterocycles. The van der Waals surface area contributed by atoms with Crippen LogP contribution in [0.2, 0.25) is 0 Å². The molecule has 0 amide bonds. The van der Waals surface area contributed by atoms with Crippen LogP contribution in [-0.2, 0) is 4.74 Å². The van der Waals surface area contributed by atoms with Gasteiger partial charge >= 0.3 is 6.01 Å². The Morgan fingerprint density at radius 1 is 1.16 bits per heavy atom. The van der Waals surface area contributed by atoms with Crippen LogP contribution in [-0.4, -0.2) is 54.9 Å². The van der Waals surface area contributed by atoms with Crippen molar-refractivity contribution in [2.75, 3.05) is 50.2 Å². The van der Waals surface area contributed by atoms with Crippen LogP contribution in [0.1, 0.15) is 20.8 Å². The summed E-state index contributed by atoms with van der Waals surface area (Å²) in [4.78, 5) is 14.8. The van der Waals surface area contributed by atoms with Crippen molar-refractivity contribution in [2.24, 2.45) is 0 Å². The highest BCUT2D eigenvalue weighted by molar-refractivity contribution is 5.38. The minimum Gasteiger partial charge on any atom is -0.467 e. The number of nitrogens with zero attached hydrogens (tertiary/aromatic N) is 4. The molecule has 0 aliphatic heterocycles. The molecule has 0 spiro atoms. The molecule has 108 valence electrons. The van der Waals surface area contributed by atoms with Crippen molar-refractivity contribution in [1.82, 2.24) is 15.0 Å². The number of methoxy groups -OCH3 is 1.